The molecule has 0 aliphatic heterocycles. The van der Waals surface area contributed by atoms with Crippen LogP contribution in [0.25, 0.3) is 6.08 Å². The molecule has 6 N–H and O–H groups in total. The van der Waals surface area contributed by atoms with Gasteiger partial charge in [0.15, 0.2) is 0 Å². The van der Waals surface area contributed by atoms with Crippen molar-refractivity contribution in [3.63, 3.8) is 0 Å². The topological polar surface area (TPSA) is 198 Å². The number of carboxylic acid groups (broad SMARTS) is 1. The van der Waals surface area contributed by atoms with Gasteiger partial charge in [-0.1, -0.05) is 30.4 Å². The van der Waals surface area contributed by atoms with Gasteiger partial charge in [0, 0.05) is 6.42 Å². The van der Waals surface area contributed by atoms with Crippen molar-refractivity contribution >= 4 is 36.6 Å². The summed E-state index contributed by atoms with van der Waals surface area (Å²) in [4.78, 5) is 57.0. The average Bonchev–Trinajstić information content (AvgIpc) is 2.93. The molecule has 0 heterocycles. The van der Waals surface area contributed by atoms with Crippen molar-refractivity contribution in [2.45, 2.75) is 75.7 Å². The van der Waals surface area contributed by atoms with Gasteiger partial charge in [-0.05, 0) is 68.2 Å². The van der Waals surface area contributed by atoms with E-state index >= 15 is 0 Å². The molecule has 1 aromatic carbocycles. The molecule has 12 heteroatoms. The molecule has 210 valence electrons. The van der Waals surface area contributed by atoms with Crippen LogP contribution in [0.15, 0.2) is 24.3 Å². The number of nitriles is 1. The lowest BCUT2D eigenvalue weighted by atomic mass is 9.93. The number of carbonyl (C=O) groups excluding carboxylic acids is 4. The van der Waals surface area contributed by atoms with Crippen LogP contribution in [0.3, 0.4) is 0 Å². The van der Waals surface area contributed by atoms with Crippen LogP contribution in [0.5, 0.6) is 0 Å². The molecule has 0 saturated carbocycles. The van der Waals surface area contributed by atoms with E-state index in [-0.39, 0.29) is 19.3 Å². The van der Waals surface area contributed by atoms with Crippen LogP contribution >= 0.6 is 0 Å². The van der Waals surface area contributed by atoms with Crippen LogP contribution in [0, 0.1) is 11.3 Å². The summed E-state index contributed by atoms with van der Waals surface area (Å²) in [6.07, 6.45) is 7.44. The monoisotopic (exact) mass is 541 g/mol. The molecule has 2 rings (SSSR count). The molecule has 1 aliphatic rings. The number of aryl methyl sites for hydroxylation is 1. The maximum atomic E-state index is 12.2. The number of hydrogen-bond acceptors (Lipinski definition) is 8. The number of aldehydes is 1. The molecule has 2 unspecified atom stereocenters. The minimum Gasteiger partial charge on any atom is -0.480 e. The molecule has 0 aromatic heterocycles. The van der Waals surface area contributed by atoms with Crippen molar-refractivity contribution < 1.29 is 34.2 Å². The average molecular weight is 542 g/mol. The van der Waals surface area contributed by atoms with E-state index in [4.69, 9.17) is 5.26 Å². The maximum Gasteiger partial charge on any atom is 0.326 e. The minimum atomic E-state index is -1.27. The van der Waals surface area contributed by atoms with E-state index in [0.717, 1.165) is 24.0 Å². The highest BCUT2D eigenvalue weighted by Gasteiger charge is 2.24. The van der Waals surface area contributed by atoms with E-state index in [1.807, 2.05) is 12.1 Å². The Morgan fingerprint density at radius 2 is 1.87 bits per heavy atom. The number of carbonyl (C=O) groups is 5. The number of allylic oxidation sites excluding steroid dienone is 1. The van der Waals surface area contributed by atoms with Gasteiger partial charge in [0.05, 0.1) is 6.04 Å². The van der Waals surface area contributed by atoms with E-state index in [1.54, 1.807) is 0 Å². The molecule has 1 aromatic rings. The second kappa shape index (κ2) is 16.7. The fraction of sp³-hybridized carbons (Fsp3) is 0.481. The van der Waals surface area contributed by atoms with Crippen molar-refractivity contribution in [1.82, 2.24) is 21.3 Å². The van der Waals surface area contributed by atoms with Gasteiger partial charge in [-0.15, -0.1) is 0 Å². The molecule has 1 aliphatic carbocycles. The van der Waals surface area contributed by atoms with Gasteiger partial charge >= 0.3 is 12.0 Å². The van der Waals surface area contributed by atoms with Gasteiger partial charge in [0.1, 0.15) is 30.7 Å². The van der Waals surface area contributed by atoms with Crippen LogP contribution in [0.1, 0.15) is 55.2 Å². The standard InChI is InChI=1S/C27H35N5O7/c28-16-24(35)21(9-5-13-33)31-27(39)32-22(26(37)38)8-3-4-12-29-25(36)23(30-17-34)15-18-10-11-19-6-1-2-7-20(19)14-18/h2,7,10-11,13-14,17,21-23,25,29,36H,1,3-6,8-9,12,15H2,(H,30,34)(H,37,38)(H2,31,32,39)/t21-,22?,23-,25?/m0/s1. The van der Waals surface area contributed by atoms with Gasteiger partial charge in [-0.25, -0.2) is 9.59 Å². The Morgan fingerprint density at radius 3 is 2.56 bits per heavy atom. The largest absolute Gasteiger partial charge is 0.480 e. The molecular formula is C27H35N5O7. The van der Waals surface area contributed by atoms with Gasteiger partial charge in [-0.3, -0.25) is 14.9 Å². The van der Waals surface area contributed by atoms with Crippen molar-refractivity contribution in [3.05, 3.63) is 41.0 Å². The summed E-state index contributed by atoms with van der Waals surface area (Å²) in [7, 11) is 0. The van der Waals surface area contributed by atoms with Crippen molar-refractivity contribution in [2.24, 2.45) is 0 Å². The molecule has 3 amide bonds. The zero-order valence-electron chi connectivity index (χ0n) is 21.6. The van der Waals surface area contributed by atoms with Gasteiger partial charge in [0.2, 0.25) is 6.41 Å². The summed E-state index contributed by atoms with van der Waals surface area (Å²) in [6.45, 7) is 0.327. The summed E-state index contributed by atoms with van der Waals surface area (Å²) in [5.74, 6) is -2.21. The first-order chi connectivity index (χ1) is 18.8. The normalized spacial score (nSPS) is 15.0. The van der Waals surface area contributed by atoms with Crippen LogP contribution < -0.4 is 21.3 Å². The number of carboxylic acids is 1. The first-order valence-corrected chi connectivity index (χ1v) is 12.9. The lowest BCUT2D eigenvalue weighted by Crippen LogP contribution is -2.51. The number of unbranched alkanes of at least 4 members (excludes halogenated alkanes) is 1. The second-order valence-electron chi connectivity index (χ2n) is 9.25. The zero-order chi connectivity index (χ0) is 28.6. The Labute approximate surface area is 226 Å². The van der Waals surface area contributed by atoms with Gasteiger partial charge < -0.3 is 31.0 Å². The van der Waals surface area contributed by atoms with E-state index in [1.165, 1.54) is 11.6 Å². The third-order valence-electron chi connectivity index (χ3n) is 6.39. The lowest BCUT2D eigenvalue weighted by Gasteiger charge is -2.24. The predicted molar refractivity (Wildman–Crippen MR) is 141 cm³/mol. The van der Waals surface area contributed by atoms with E-state index in [0.29, 0.717) is 38.5 Å². The number of nitrogens with one attached hydrogen (secondary N) is 4. The first kappa shape index (κ1) is 31.1. The van der Waals surface area contributed by atoms with Crippen LogP contribution in [0.4, 0.5) is 4.79 Å². The lowest BCUT2D eigenvalue weighted by molar-refractivity contribution is -0.139. The van der Waals surface area contributed by atoms with E-state index in [9.17, 15) is 34.2 Å². The molecule has 0 fully saturated rings. The second-order valence-corrected chi connectivity index (χ2v) is 9.25. The Hall–Kier alpha value is -4.08. The molecule has 4 atom stereocenters. The molecule has 12 nitrogen and oxygen atoms in total. The SMILES string of the molecule is N#CC(=O)[C@H](CCC=O)NC(=O)NC(CCCCNC(O)[C@H](Cc1ccc2c(c1)C=CCC2)NC=O)C(=O)O. The Bertz CT molecular complexity index is 1080. The van der Waals surface area contributed by atoms with Crippen LogP contribution in [0.2, 0.25) is 0 Å². The number of aliphatic carboxylic acids is 1. The van der Waals surface area contributed by atoms with Crippen molar-refractivity contribution in [3.8, 4) is 6.07 Å². The number of rotatable bonds is 18. The highest BCUT2D eigenvalue weighted by atomic mass is 16.4. The van der Waals surface area contributed by atoms with Crippen molar-refractivity contribution in [1.29, 1.82) is 5.26 Å². The summed E-state index contributed by atoms with van der Waals surface area (Å²) < 4.78 is 0. The van der Waals surface area contributed by atoms with Crippen molar-refractivity contribution in [2.75, 3.05) is 6.54 Å². The summed E-state index contributed by atoms with van der Waals surface area (Å²) in [5.41, 5.74) is 3.37. The number of aliphatic hydroxyl groups excluding tert-OH is 1. The van der Waals surface area contributed by atoms with Crippen LogP contribution in [-0.2, 0) is 32.0 Å². The predicted octanol–water partition coefficient (Wildman–Crippen LogP) is 0.574. The quantitative estimate of drug-likeness (QED) is 0.0666. The number of fused-ring (bicyclic) bond motifs is 1. The number of hydrogen-bond donors (Lipinski definition) is 6. The molecule has 39 heavy (non-hydrogen) atoms. The summed E-state index contributed by atoms with van der Waals surface area (Å²) >= 11 is 0. The molecular weight excluding hydrogens is 506 g/mol. The van der Waals surface area contributed by atoms with E-state index < -0.39 is 42.1 Å². The maximum absolute atomic E-state index is 12.2. The number of aliphatic hydroxyl groups is 1. The Kier molecular flexibility index (Phi) is 13.3. The third-order valence-corrected chi connectivity index (χ3v) is 6.39. The number of amides is 3. The fourth-order valence-electron chi connectivity index (χ4n) is 4.27. The van der Waals surface area contributed by atoms with Gasteiger partial charge in [0.25, 0.3) is 5.78 Å². The highest BCUT2D eigenvalue weighted by Crippen LogP contribution is 2.21. The third kappa shape index (κ3) is 10.7. The number of nitrogens with zero attached hydrogens (tertiary/aromatic N) is 1. The zero-order valence-corrected chi connectivity index (χ0v) is 21.6. The summed E-state index contributed by atoms with van der Waals surface area (Å²) in [5, 5.41) is 38.9. The number of ketones is 1. The Balaban J connectivity index is 1.80. The van der Waals surface area contributed by atoms with Gasteiger partial charge in [-0.2, -0.15) is 5.26 Å². The summed E-state index contributed by atoms with van der Waals surface area (Å²) in [6, 6.07) is 3.51. The number of benzene rings is 1. The van der Waals surface area contributed by atoms with E-state index in [2.05, 4.69) is 39.5 Å². The molecule has 0 bridgehead atoms. The number of Topliss-reactive ketones (excluding diaryl/α,β-unsaturated/α-hetero) is 1. The highest BCUT2D eigenvalue weighted by molar-refractivity contribution is 6.00. The fourth-order valence-corrected chi connectivity index (χ4v) is 4.27. The molecule has 0 radical (unpaired) electrons. The molecule has 0 saturated heterocycles. The minimum absolute atomic E-state index is 0.0482. The Morgan fingerprint density at radius 1 is 1.10 bits per heavy atom. The molecule has 0 spiro atoms. The van der Waals surface area contributed by atoms with Crippen LogP contribution in [-0.4, -0.2) is 71.6 Å². The smallest absolute Gasteiger partial charge is 0.326 e. The number of urea groups is 1. The first-order valence-electron chi connectivity index (χ1n) is 12.9.